The molecular weight excluding hydrogens is 378 g/mol. The quantitative estimate of drug-likeness (QED) is 0.624. The van der Waals surface area contributed by atoms with Gasteiger partial charge in [-0.05, 0) is 42.3 Å². The molecule has 3 aromatic rings. The van der Waals surface area contributed by atoms with Crippen LogP contribution in [0.1, 0.15) is 5.56 Å². The second-order valence-electron chi connectivity index (χ2n) is 5.66. The summed E-state index contributed by atoms with van der Waals surface area (Å²) in [6.45, 7) is 1.91. The van der Waals surface area contributed by atoms with Gasteiger partial charge in [0.25, 0.3) is 5.91 Å². The predicted molar refractivity (Wildman–Crippen MR) is 105 cm³/mol. The summed E-state index contributed by atoms with van der Waals surface area (Å²) < 4.78 is 6.62. The van der Waals surface area contributed by atoms with Crippen molar-refractivity contribution >= 4 is 27.5 Å². The highest BCUT2D eigenvalue weighted by molar-refractivity contribution is 9.10. The summed E-state index contributed by atoms with van der Waals surface area (Å²) in [5.74, 6) is 0.514. The van der Waals surface area contributed by atoms with Gasteiger partial charge in [0.2, 0.25) is 0 Å². The molecule has 126 valence electrons. The van der Waals surface area contributed by atoms with Crippen LogP contribution in [0.5, 0.6) is 5.75 Å². The number of ether oxygens (including phenoxy) is 1. The Morgan fingerprint density at radius 2 is 1.72 bits per heavy atom. The van der Waals surface area contributed by atoms with Gasteiger partial charge in [-0.3, -0.25) is 4.79 Å². The lowest BCUT2D eigenvalue weighted by molar-refractivity contribution is -0.118. The van der Waals surface area contributed by atoms with Gasteiger partial charge in [-0.25, -0.2) is 0 Å². The number of halogens is 1. The molecule has 0 aromatic heterocycles. The van der Waals surface area contributed by atoms with E-state index in [0.717, 1.165) is 26.9 Å². The maximum atomic E-state index is 12.3. The van der Waals surface area contributed by atoms with Gasteiger partial charge in [0, 0.05) is 15.7 Å². The average Bonchev–Trinajstić information content (AvgIpc) is 2.62. The fourth-order valence-electron chi connectivity index (χ4n) is 2.57. The number of carbonyl (C=O) groups excluding carboxylic acids is 1. The van der Waals surface area contributed by atoms with Crippen molar-refractivity contribution in [2.24, 2.45) is 0 Å². The van der Waals surface area contributed by atoms with E-state index in [9.17, 15) is 4.79 Å². The molecule has 0 aliphatic carbocycles. The van der Waals surface area contributed by atoms with Crippen LogP contribution < -0.4 is 10.1 Å². The topological polar surface area (TPSA) is 38.3 Å². The smallest absolute Gasteiger partial charge is 0.262 e. The highest BCUT2D eigenvalue weighted by Gasteiger charge is 2.09. The van der Waals surface area contributed by atoms with Crippen LogP contribution in [-0.4, -0.2) is 12.5 Å². The summed E-state index contributed by atoms with van der Waals surface area (Å²) in [4.78, 5) is 12.3. The third-order valence-corrected chi connectivity index (χ3v) is 4.27. The van der Waals surface area contributed by atoms with Crippen molar-refractivity contribution < 1.29 is 9.53 Å². The van der Waals surface area contributed by atoms with Crippen LogP contribution in [0.2, 0.25) is 0 Å². The first-order valence-corrected chi connectivity index (χ1v) is 8.76. The van der Waals surface area contributed by atoms with Crippen LogP contribution in [-0.2, 0) is 4.79 Å². The summed E-state index contributed by atoms with van der Waals surface area (Å²) in [5, 5.41) is 2.94. The Labute approximate surface area is 155 Å². The van der Waals surface area contributed by atoms with E-state index in [4.69, 9.17) is 4.74 Å². The van der Waals surface area contributed by atoms with E-state index in [1.807, 2.05) is 79.7 Å². The van der Waals surface area contributed by atoms with Crippen LogP contribution in [0.3, 0.4) is 0 Å². The Hall–Kier alpha value is -2.59. The Morgan fingerprint density at radius 3 is 2.48 bits per heavy atom. The zero-order valence-corrected chi connectivity index (χ0v) is 15.4. The van der Waals surface area contributed by atoms with E-state index < -0.39 is 0 Å². The maximum absolute atomic E-state index is 12.3. The van der Waals surface area contributed by atoms with Crippen LogP contribution >= 0.6 is 15.9 Å². The number of carbonyl (C=O) groups is 1. The number of anilines is 1. The van der Waals surface area contributed by atoms with E-state index in [1.54, 1.807) is 0 Å². The normalized spacial score (nSPS) is 10.3. The molecule has 0 heterocycles. The number of hydrogen-bond donors (Lipinski definition) is 1. The molecule has 0 spiro atoms. The number of aryl methyl sites for hydroxylation is 1. The van der Waals surface area contributed by atoms with E-state index in [2.05, 4.69) is 21.2 Å². The Morgan fingerprint density at radius 1 is 1.00 bits per heavy atom. The molecular formula is C21H18BrNO2. The van der Waals surface area contributed by atoms with E-state index >= 15 is 0 Å². The fraction of sp³-hybridized carbons (Fsp3) is 0.0952. The van der Waals surface area contributed by atoms with Crippen LogP contribution in [0, 0.1) is 6.92 Å². The first kappa shape index (κ1) is 17.2. The molecule has 0 radical (unpaired) electrons. The number of hydrogen-bond acceptors (Lipinski definition) is 2. The molecule has 0 fully saturated rings. The molecule has 1 N–H and O–H groups in total. The Balaban J connectivity index is 1.69. The molecule has 0 saturated heterocycles. The molecule has 25 heavy (non-hydrogen) atoms. The zero-order chi connectivity index (χ0) is 17.6. The van der Waals surface area contributed by atoms with Crippen molar-refractivity contribution in [3.63, 3.8) is 0 Å². The lowest BCUT2D eigenvalue weighted by Gasteiger charge is -2.13. The van der Waals surface area contributed by atoms with E-state index in [0.29, 0.717) is 5.75 Å². The molecule has 0 bridgehead atoms. The molecule has 4 heteroatoms. The number of para-hydroxylation sites is 1. The van der Waals surface area contributed by atoms with Gasteiger partial charge in [-0.15, -0.1) is 0 Å². The van der Waals surface area contributed by atoms with Crippen LogP contribution in [0.25, 0.3) is 11.1 Å². The van der Waals surface area contributed by atoms with Crippen molar-refractivity contribution in [2.75, 3.05) is 11.9 Å². The summed E-state index contributed by atoms with van der Waals surface area (Å²) in [7, 11) is 0. The first-order chi connectivity index (χ1) is 12.1. The summed E-state index contributed by atoms with van der Waals surface area (Å²) >= 11 is 3.42. The molecule has 0 aliphatic heterocycles. The minimum atomic E-state index is -0.189. The summed E-state index contributed by atoms with van der Waals surface area (Å²) in [5.41, 5.74) is 3.79. The molecule has 3 aromatic carbocycles. The number of benzene rings is 3. The third kappa shape index (κ3) is 4.48. The molecule has 0 unspecified atom stereocenters. The second kappa shape index (κ2) is 7.99. The summed E-state index contributed by atoms with van der Waals surface area (Å²) in [6, 6.07) is 23.4. The second-order valence-corrected chi connectivity index (χ2v) is 6.57. The fourth-order valence-corrected chi connectivity index (χ4v) is 3.04. The van der Waals surface area contributed by atoms with Crippen LogP contribution in [0.4, 0.5) is 5.69 Å². The van der Waals surface area contributed by atoms with E-state index in [1.165, 1.54) is 0 Å². The van der Waals surface area contributed by atoms with Gasteiger partial charge in [-0.2, -0.15) is 0 Å². The van der Waals surface area contributed by atoms with Gasteiger partial charge in [0.15, 0.2) is 6.61 Å². The number of nitrogens with one attached hydrogen (secondary N) is 1. The molecule has 0 aliphatic rings. The lowest BCUT2D eigenvalue weighted by atomic mass is 10.0. The zero-order valence-electron chi connectivity index (χ0n) is 13.8. The highest BCUT2D eigenvalue weighted by Crippen LogP contribution is 2.27. The molecule has 1 amide bonds. The molecule has 0 atom stereocenters. The highest BCUT2D eigenvalue weighted by atomic mass is 79.9. The Bertz CT molecular complexity index is 878. The van der Waals surface area contributed by atoms with Crippen molar-refractivity contribution in [1.82, 2.24) is 0 Å². The van der Waals surface area contributed by atoms with E-state index in [-0.39, 0.29) is 12.5 Å². The van der Waals surface area contributed by atoms with Gasteiger partial charge < -0.3 is 10.1 Å². The Kier molecular flexibility index (Phi) is 5.51. The van der Waals surface area contributed by atoms with Crippen LogP contribution in [0.15, 0.2) is 77.3 Å². The number of rotatable bonds is 5. The van der Waals surface area contributed by atoms with Crippen molar-refractivity contribution in [2.45, 2.75) is 6.92 Å². The summed E-state index contributed by atoms with van der Waals surface area (Å²) in [6.07, 6.45) is 0. The van der Waals surface area contributed by atoms with Gasteiger partial charge >= 0.3 is 0 Å². The minimum Gasteiger partial charge on any atom is -0.483 e. The predicted octanol–water partition coefficient (Wildman–Crippen LogP) is 5.44. The maximum Gasteiger partial charge on any atom is 0.262 e. The van der Waals surface area contributed by atoms with Crippen molar-refractivity contribution in [1.29, 1.82) is 0 Å². The SMILES string of the molecule is Cc1cc(Br)ccc1OCC(=O)Nc1ccccc1-c1ccccc1. The standard InChI is InChI=1S/C21H18BrNO2/c1-15-13-17(22)11-12-20(15)25-14-21(24)23-19-10-6-5-9-18(19)16-7-3-2-4-8-16/h2-13H,14H2,1H3,(H,23,24). The number of amides is 1. The van der Waals surface area contributed by atoms with Gasteiger partial charge in [0.05, 0.1) is 0 Å². The van der Waals surface area contributed by atoms with Crippen molar-refractivity contribution in [3.05, 3.63) is 82.8 Å². The first-order valence-electron chi connectivity index (χ1n) is 7.97. The average molecular weight is 396 g/mol. The molecule has 3 nitrogen and oxygen atoms in total. The third-order valence-electron chi connectivity index (χ3n) is 3.78. The van der Waals surface area contributed by atoms with Gasteiger partial charge in [0.1, 0.15) is 5.75 Å². The minimum absolute atomic E-state index is 0.0361. The monoisotopic (exact) mass is 395 g/mol. The lowest BCUT2D eigenvalue weighted by Crippen LogP contribution is -2.20. The largest absolute Gasteiger partial charge is 0.483 e. The van der Waals surface area contributed by atoms with Gasteiger partial charge in [-0.1, -0.05) is 64.5 Å². The molecule has 3 rings (SSSR count). The molecule has 0 saturated carbocycles. The van der Waals surface area contributed by atoms with Crippen molar-refractivity contribution in [3.8, 4) is 16.9 Å².